The molecule has 124 valence electrons. The lowest BCUT2D eigenvalue weighted by Gasteiger charge is -2.35. The van der Waals surface area contributed by atoms with E-state index in [1.54, 1.807) is 0 Å². The van der Waals surface area contributed by atoms with E-state index in [2.05, 4.69) is 20.1 Å². The van der Waals surface area contributed by atoms with Gasteiger partial charge in [0.05, 0.1) is 23.6 Å². The Labute approximate surface area is 136 Å². The van der Waals surface area contributed by atoms with Crippen LogP contribution in [-0.4, -0.2) is 41.3 Å². The molecule has 1 saturated heterocycles. The Morgan fingerprint density at radius 1 is 1.35 bits per heavy atom. The molecule has 7 heteroatoms. The summed E-state index contributed by atoms with van der Waals surface area (Å²) in [6.07, 6.45) is 5.78. The SMILES string of the molecule is Cc1cccc(CN2CCCC[C@@H]2c2[nH]ncc2S(C)(=O)=O)n1. The van der Waals surface area contributed by atoms with E-state index >= 15 is 0 Å². The number of aryl methyl sites for hydroxylation is 1. The number of piperidine rings is 1. The maximum absolute atomic E-state index is 12.0. The third kappa shape index (κ3) is 3.61. The monoisotopic (exact) mass is 334 g/mol. The summed E-state index contributed by atoms with van der Waals surface area (Å²) in [5.74, 6) is 0. The molecule has 1 fully saturated rings. The highest BCUT2D eigenvalue weighted by Gasteiger charge is 2.30. The molecule has 0 amide bonds. The van der Waals surface area contributed by atoms with E-state index in [1.165, 1.54) is 12.5 Å². The standard InChI is InChI=1S/C16H22N4O2S/c1-12-6-5-7-13(18-12)11-20-9-4-3-8-14(20)16-15(10-17-19-16)23(2,21)22/h5-7,10,14H,3-4,8-9,11H2,1-2H3,(H,17,19)/t14-/m1/s1. The van der Waals surface area contributed by atoms with Crippen LogP contribution in [0, 0.1) is 6.92 Å². The van der Waals surface area contributed by atoms with Crippen molar-refractivity contribution < 1.29 is 8.42 Å². The van der Waals surface area contributed by atoms with Crippen molar-refractivity contribution in [1.29, 1.82) is 0 Å². The molecule has 3 rings (SSSR count). The highest BCUT2D eigenvalue weighted by molar-refractivity contribution is 7.90. The Balaban J connectivity index is 1.89. The maximum Gasteiger partial charge on any atom is 0.178 e. The van der Waals surface area contributed by atoms with E-state index in [0.29, 0.717) is 17.1 Å². The zero-order valence-electron chi connectivity index (χ0n) is 13.5. The maximum atomic E-state index is 12.0. The first-order chi connectivity index (χ1) is 10.9. The van der Waals surface area contributed by atoms with Gasteiger partial charge in [0, 0.05) is 18.5 Å². The van der Waals surface area contributed by atoms with Gasteiger partial charge in [0.1, 0.15) is 4.90 Å². The van der Waals surface area contributed by atoms with Gasteiger partial charge in [-0.25, -0.2) is 8.42 Å². The lowest BCUT2D eigenvalue weighted by molar-refractivity contribution is 0.133. The first-order valence-corrected chi connectivity index (χ1v) is 9.74. The molecule has 23 heavy (non-hydrogen) atoms. The zero-order chi connectivity index (χ0) is 16.4. The second-order valence-electron chi connectivity index (χ2n) is 6.17. The minimum absolute atomic E-state index is 0.0401. The Kier molecular flexibility index (Phi) is 4.50. The van der Waals surface area contributed by atoms with E-state index in [4.69, 9.17) is 0 Å². The van der Waals surface area contributed by atoms with Gasteiger partial charge in [-0.3, -0.25) is 15.0 Å². The van der Waals surface area contributed by atoms with E-state index in [-0.39, 0.29) is 6.04 Å². The smallest absolute Gasteiger partial charge is 0.178 e. The average Bonchev–Trinajstić information content (AvgIpc) is 2.97. The molecule has 0 aromatic carbocycles. The molecule has 1 aliphatic rings. The number of hydrogen-bond donors (Lipinski definition) is 1. The van der Waals surface area contributed by atoms with Crippen LogP contribution in [0.1, 0.15) is 42.4 Å². The minimum atomic E-state index is -3.28. The Bertz CT molecular complexity index is 785. The number of nitrogens with zero attached hydrogens (tertiary/aromatic N) is 3. The van der Waals surface area contributed by atoms with Crippen LogP contribution in [0.3, 0.4) is 0 Å². The zero-order valence-corrected chi connectivity index (χ0v) is 14.3. The molecule has 1 N–H and O–H groups in total. The van der Waals surface area contributed by atoms with Gasteiger partial charge < -0.3 is 0 Å². The molecule has 3 heterocycles. The predicted molar refractivity (Wildman–Crippen MR) is 87.7 cm³/mol. The molecule has 2 aromatic rings. The second-order valence-corrected chi connectivity index (χ2v) is 8.16. The molecular formula is C16H22N4O2S. The summed E-state index contributed by atoms with van der Waals surface area (Å²) >= 11 is 0. The summed E-state index contributed by atoms with van der Waals surface area (Å²) in [4.78, 5) is 7.18. The number of rotatable bonds is 4. The molecule has 0 saturated carbocycles. The van der Waals surface area contributed by atoms with Crippen LogP contribution in [0.2, 0.25) is 0 Å². The van der Waals surface area contributed by atoms with Gasteiger partial charge in [0.2, 0.25) is 0 Å². The number of sulfone groups is 1. The number of aromatic amines is 1. The lowest BCUT2D eigenvalue weighted by atomic mass is 9.99. The largest absolute Gasteiger partial charge is 0.289 e. The second kappa shape index (κ2) is 6.41. The van der Waals surface area contributed by atoms with Gasteiger partial charge in [-0.1, -0.05) is 12.5 Å². The normalized spacial score (nSPS) is 19.8. The van der Waals surface area contributed by atoms with Gasteiger partial charge in [0.25, 0.3) is 0 Å². The van der Waals surface area contributed by atoms with Crippen LogP contribution in [0.15, 0.2) is 29.3 Å². The third-order valence-corrected chi connectivity index (χ3v) is 5.41. The Hall–Kier alpha value is -1.73. The van der Waals surface area contributed by atoms with Gasteiger partial charge in [0.15, 0.2) is 9.84 Å². The number of likely N-dealkylation sites (tertiary alicyclic amines) is 1. The van der Waals surface area contributed by atoms with Gasteiger partial charge in [-0.2, -0.15) is 5.10 Å². The number of aromatic nitrogens is 3. The molecule has 0 radical (unpaired) electrons. The van der Waals surface area contributed by atoms with Crippen molar-refractivity contribution in [3.8, 4) is 0 Å². The van der Waals surface area contributed by atoms with Crippen molar-refractivity contribution in [2.45, 2.75) is 43.7 Å². The van der Waals surface area contributed by atoms with Gasteiger partial charge in [-0.15, -0.1) is 0 Å². The van der Waals surface area contributed by atoms with E-state index in [1.807, 2.05) is 25.1 Å². The summed E-state index contributed by atoms with van der Waals surface area (Å²) in [5.41, 5.74) is 2.71. The fourth-order valence-electron chi connectivity index (χ4n) is 3.22. The molecule has 1 aliphatic heterocycles. The van der Waals surface area contributed by atoms with Crippen molar-refractivity contribution in [2.75, 3.05) is 12.8 Å². The average molecular weight is 334 g/mol. The van der Waals surface area contributed by atoms with E-state index < -0.39 is 9.84 Å². The molecule has 2 aromatic heterocycles. The Morgan fingerprint density at radius 3 is 2.91 bits per heavy atom. The fourth-order valence-corrected chi connectivity index (χ4v) is 4.05. The van der Waals surface area contributed by atoms with Crippen LogP contribution < -0.4 is 0 Å². The van der Waals surface area contributed by atoms with Crippen LogP contribution in [0.5, 0.6) is 0 Å². The first-order valence-electron chi connectivity index (χ1n) is 7.85. The predicted octanol–water partition coefficient (Wildman–Crippen LogP) is 2.24. The van der Waals surface area contributed by atoms with Crippen molar-refractivity contribution in [3.05, 3.63) is 41.5 Å². The molecule has 1 atom stereocenters. The molecular weight excluding hydrogens is 312 g/mol. The molecule has 0 bridgehead atoms. The summed E-state index contributed by atoms with van der Waals surface area (Å²) in [5, 5.41) is 6.89. The van der Waals surface area contributed by atoms with Crippen molar-refractivity contribution >= 4 is 9.84 Å². The highest BCUT2D eigenvalue weighted by atomic mass is 32.2. The summed E-state index contributed by atoms with van der Waals surface area (Å²) in [6.45, 7) is 3.63. The molecule has 0 aliphatic carbocycles. The quantitative estimate of drug-likeness (QED) is 0.928. The first kappa shape index (κ1) is 16.1. The molecule has 0 unspecified atom stereocenters. The van der Waals surface area contributed by atoms with Crippen molar-refractivity contribution in [3.63, 3.8) is 0 Å². The Morgan fingerprint density at radius 2 is 2.17 bits per heavy atom. The minimum Gasteiger partial charge on any atom is -0.289 e. The lowest BCUT2D eigenvalue weighted by Crippen LogP contribution is -2.34. The van der Waals surface area contributed by atoms with Crippen molar-refractivity contribution in [1.82, 2.24) is 20.1 Å². The number of H-pyrrole nitrogens is 1. The number of hydrogen-bond acceptors (Lipinski definition) is 5. The van der Waals surface area contributed by atoms with E-state index in [9.17, 15) is 8.42 Å². The third-order valence-electron chi connectivity index (χ3n) is 4.29. The molecule has 0 spiro atoms. The van der Waals surface area contributed by atoms with E-state index in [0.717, 1.165) is 37.2 Å². The van der Waals surface area contributed by atoms with Crippen LogP contribution in [-0.2, 0) is 16.4 Å². The van der Waals surface area contributed by atoms with Crippen LogP contribution in [0.25, 0.3) is 0 Å². The molecule has 6 nitrogen and oxygen atoms in total. The van der Waals surface area contributed by atoms with Gasteiger partial charge in [-0.05, 0) is 38.4 Å². The summed E-state index contributed by atoms with van der Waals surface area (Å²) < 4.78 is 24.0. The van der Waals surface area contributed by atoms with Crippen LogP contribution in [0.4, 0.5) is 0 Å². The summed E-state index contributed by atoms with van der Waals surface area (Å²) in [6, 6.07) is 6.05. The fraction of sp³-hybridized carbons (Fsp3) is 0.500. The summed E-state index contributed by atoms with van der Waals surface area (Å²) in [7, 11) is -3.28. The topological polar surface area (TPSA) is 79.0 Å². The number of nitrogens with one attached hydrogen (secondary N) is 1. The van der Waals surface area contributed by atoms with Crippen LogP contribution >= 0.6 is 0 Å². The van der Waals surface area contributed by atoms with Crippen molar-refractivity contribution in [2.24, 2.45) is 0 Å². The highest BCUT2D eigenvalue weighted by Crippen LogP contribution is 2.34. The number of pyridine rings is 1. The van der Waals surface area contributed by atoms with Gasteiger partial charge >= 0.3 is 0 Å².